The minimum absolute atomic E-state index is 0.140. The van der Waals surface area contributed by atoms with Gasteiger partial charge in [-0.05, 0) is 88.0 Å². The quantitative estimate of drug-likeness (QED) is 0.419. The number of carbonyl (C=O) groups excluding carboxylic acids is 1. The summed E-state index contributed by atoms with van der Waals surface area (Å²) < 4.78 is 1.61. The number of aromatic nitrogens is 1. The molecule has 0 aliphatic carbocycles. The Bertz CT molecular complexity index is 1100. The van der Waals surface area contributed by atoms with Gasteiger partial charge in [0.05, 0.1) is 5.56 Å². The lowest BCUT2D eigenvalue weighted by atomic mass is 9.98. The first-order chi connectivity index (χ1) is 13.9. The zero-order chi connectivity index (χ0) is 20.5. The average molecular weight is 517 g/mol. The Hall–Kier alpha value is -1.89. The second-order valence-corrected chi connectivity index (χ2v) is 9.23. The fraction of sp³-hybridized carbons (Fsp3) is 0.261. The number of carbonyl (C=O) groups is 1. The van der Waals surface area contributed by atoms with E-state index >= 15 is 0 Å². The van der Waals surface area contributed by atoms with Gasteiger partial charge in [-0.3, -0.25) is 9.69 Å². The smallest absolute Gasteiger partial charge is 0.256 e. The molecule has 2 heterocycles. The Morgan fingerprint density at radius 2 is 2.03 bits per heavy atom. The molecule has 0 saturated heterocycles. The maximum absolute atomic E-state index is 12.8. The summed E-state index contributed by atoms with van der Waals surface area (Å²) in [5.41, 5.74) is 5.05. The van der Waals surface area contributed by atoms with Crippen LogP contribution in [0.1, 0.15) is 36.2 Å². The number of anilines is 1. The van der Waals surface area contributed by atoms with E-state index in [0.717, 1.165) is 45.0 Å². The van der Waals surface area contributed by atoms with Crippen molar-refractivity contribution >= 4 is 59.9 Å². The minimum Gasteiger partial charge on any atom is -0.361 e. The van der Waals surface area contributed by atoms with E-state index in [1.807, 2.05) is 24.3 Å². The maximum atomic E-state index is 12.8. The highest BCUT2D eigenvalue weighted by molar-refractivity contribution is 9.13. The first-order valence-corrected chi connectivity index (χ1v) is 11.3. The molecular weight excluding hydrogens is 494 g/mol. The van der Waals surface area contributed by atoms with E-state index in [0.29, 0.717) is 11.6 Å². The van der Waals surface area contributed by atoms with Crippen molar-refractivity contribution in [3.8, 4) is 0 Å². The van der Waals surface area contributed by atoms with Gasteiger partial charge in [-0.15, -0.1) is 0 Å². The molecule has 1 aromatic heterocycles. The van der Waals surface area contributed by atoms with Gasteiger partial charge in [0.25, 0.3) is 5.91 Å². The summed E-state index contributed by atoms with van der Waals surface area (Å²) >= 11 is 6.94. The SMILES string of the molecule is CC(C)N1CC=C(c2c[nH]c3ccc(NC(=O)c4cccc(Br)c4Br)cc23)CC1. The van der Waals surface area contributed by atoms with Crippen LogP contribution >= 0.6 is 31.9 Å². The van der Waals surface area contributed by atoms with Gasteiger partial charge >= 0.3 is 0 Å². The zero-order valence-electron chi connectivity index (χ0n) is 16.4. The molecular formula is C23H23Br2N3O. The number of halogens is 2. The summed E-state index contributed by atoms with van der Waals surface area (Å²) in [6.07, 6.45) is 5.45. The van der Waals surface area contributed by atoms with E-state index in [4.69, 9.17) is 0 Å². The highest BCUT2D eigenvalue weighted by atomic mass is 79.9. The second kappa shape index (κ2) is 8.46. The third kappa shape index (κ3) is 4.20. The molecule has 0 fully saturated rings. The maximum Gasteiger partial charge on any atom is 0.256 e. The van der Waals surface area contributed by atoms with Gasteiger partial charge in [0.1, 0.15) is 0 Å². The summed E-state index contributed by atoms with van der Waals surface area (Å²) in [4.78, 5) is 18.6. The number of hydrogen-bond donors (Lipinski definition) is 2. The average Bonchev–Trinajstić information content (AvgIpc) is 3.13. The zero-order valence-corrected chi connectivity index (χ0v) is 19.6. The van der Waals surface area contributed by atoms with Crippen LogP contribution in [0.15, 0.2) is 57.6 Å². The number of benzene rings is 2. The number of nitrogens with zero attached hydrogens (tertiary/aromatic N) is 1. The van der Waals surface area contributed by atoms with Gasteiger partial charge < -0.3 is 10.3 Å². The second-order valence-electron chi connectivity index (χ2n) is 7.59. The molecule has 0 unspecified atom stereocenters. The topological polar surface area (TPSA) is 48.1 Å². The fourth-order valence-corrected chi connectivity index (χ4v) is 4.55. The molecule has 1 aliphatic heterocycles. The number of aromatic amines is 1. The van der Waals surface area contributed by atoms with Crippen molar-refractivity contribution in [1.29, 1.82) is 0 Å². The van der Waals surface area contributed by atoms with Crippen LogP contribution < -0.4 is 5.32 Å². The predicted octanol–water partition coefficient (Wildman–Crippen LogP) is 6.44. The minimum atomic E-state index is -0.140. The molecule has 29 heavy (non-hydrogen) atoms. The highest BCUT2D eigenvalue weighted by Gasteiger charge is 2.18. The first-order valence-electron chi connectivity index (χ1n) is 9.74. The molecule has 1 aliphatic rings. The van der Waals surface area contributed by atoms with Crippen molar-refractivity contribution in [2.45, 2.75) is 26.3 Å². The summed E-state index contributed by atoms with van der Waals surface area (Å²) in [7, 11) is 0. The van der Waals surface area contributed by atoms with E-state index in [2.05, 4.69) is 79.2 Å². The predicted molar refractivity (Wildman–Crippen MR) is 127 cm³/mol. The fourth-order valence-electron chi connectivity index (χ4n) is 3.74. The monoisotopic (exact) mass is 515 g/mol. The molecule has 4 rings (SSSR count). The summed E-state index contributed by atoms with van der Waals surface area (Å²) in [5.74, 6) is -0.140. The Morgan fingerprint density at radius 1 is 1.21 bits per heavy atom. The van der Waals surface area contributed by atoms with Crippen LogP contribution in [-0.2, 0) is 0 Å². The third-order valence-corrected chi connectivity index (χ3v) is 7.50. The van der Waals surface area contributed by atoms with E-state index in [9.17, 15) is 4.79 Å². The molecule has 4 nitrogen and oxygen atoms in total. The molecule has 3 aromatic rings. The van der Waals surface area contributed by atoms with Crippen molar-refractivity contribution in [3.63, 3.8) is 0 Å². The number of nitrogens with one attached hydrogen (secondary N) is 2. The Labute approximate surface area is 187 Å². The van der Waals surface area contributed by atoms with E-state index < -0.39 is 0 Å². The van der Waals surface area contributed by atoms with Crippen LogP contribution in [0.3, 0.4) is 0 Å². The van der Waals surface area contributed by atoms with Gasteiger partial charge in [0, 0.05) is 56.4 Å². The molecule has 2 N–H and O–H groups in total. The van der Waals surface area contributed by atoms with Crippen LogP contribution in [0, 0.1) is 0 Å². The molecule has 0 radical (unpaired) electrons. The molecule has 150 valence electrons. The highest BCUT2D eigenvalue weighted by Crippen LogP contribution is 2.32. The summed E-state index contributed by atoms with van der Waals surface area (Å²) in [5, 5.41) is 4.17. The van der Waals surface area contributed by atoms with Crippen LogP contribution in [0.25, 0.3) is 16.5 Å². The lowest BCUT2D eigenvalue weighted by molar-refractivity contribution is 0.102. The summed E-state index contributed by atoms with van der Waals surface area (Å²) in [6, 6.07) is 12.1. The Morgan fingerprint density at radius 3 is 2.76 bits per heavy atom. The lowest BCUT2D eigenvalue weighted by Crippen LogP contribution is -2.34. The van der Waals surface area contributed by atoms with Gasteiger partial charge in [-0.2, -0.15) is 0 Å². The number of amides is 1. The molecule has 1 amide bonds. The normalized spacial score (nSPS) is 15.0. The van der Waals surface area contributed by atoms with E-state index in [1.165, 1.54) is 11.1 Å². The Kier molecular flexibility index (Phi) is 5.95. The number of hydrogen-bond acceptors (Lipinski definition) is 2. The van der Waals surface area contributed by atoms with Crippen molar-refractivity contribution in [3.05, 3.63) is 68.7 Å². The summed E-state index contributed by atoms with van der Waals surface area (Å²) in [6.45, 7) is 6.53. The van der Waals surface area contributed by atoms with Crippen molar-refractivity contribution in [1.82, 2.24) is 9.88 Å². The molecule has 0 atom stereocenters. The van der Waals surface area contributed by atoms with Crippen LogP contribution in [-0.4, -0.2) is 34.9 Å². The number of fused-ring (bicyclic) bond motifs is 1. The molecule has 0 saturated carbocycles. The van der Waals surface area contributed by atoms with Crippen molar-refractivity contribution in [2.75, 3.05) is 18.4 Å². The van der Waals surface area contributed by atoms with Crippen molar-refractivity contribution < 1.29 is 4.79 Å². The molecule has 6 heteroatoms. The van der Waals surface area contributed by atoms with E-state index in [-0.39, 0.29) is 5.91 Å². The standard InChI is InChI=1S/C23H23Br2N3O/c1-14(2)28-10-8-15(9-11-28)19-13-26-21-7-6-16(12-18(19)21)27-23(29)17-4-3-5-20(24)22(17)25/h3-8,12-14,26H,9-11H2,1-2H3,(H,27,29). The van der Waals surface area contributed by atoms with Gasteiger partial charge in [0.2, 0.25) is 0 Å². The van der Waals surface area contributed by atoms with Crippen LogP contribution in [0.4, 0.5) is 5.69 Å². The third-order valence-electron chi connectivity index (χ3n) is 5.45. The van der Waals surface area contributed by atoms with Crippen LogP contribution in [0.2, 0.25) is 0 Å². The van der Waals surface area contributed by atoms with Crippen LogP contribution in [0.5, 0.6) is 0 Å². The first kappa shape index (κ1) is 20.4. The van der Waals surface area contributed by atoms with Gasteiger partial charge in [-0.1, -0.05) is 12.1 Å². The van der Waals surface area contributed by atoms with Gasteiger partial charge in [-0.25, -0.2) is 0 Å². The molecule has 2 aromatic carbocycles. The van der Waals surface area contributed by atoms with Gasteiger partial charge in [0.15, 0.2) is 0 Å². The molecule has 0 spiro atoms. The number of rotatable bonds is 4. The molecule has 0 bridgehead atoms. The largest absolute Gasteiger partial charge is 0.361 e. The number of H-pyrrole nitrogens is 1. The van der Waals surface area contributed by atoms with Crippen molar-refractivity contribution in [2.24, 2.45) is 0 Å². The Balaban J connectivity index is 1.61. The van der Waals surface area contributed by atoms with E-state index in [1.54, 1.807) is 6.07 Å². The lowest BCUT2D eigenvalue weighted by Gasteiger charge is -2.29.